The molecular formula is C20H24Cl2N5O. The average Bonchev–Trinajstić information content (AvgIpc) is 3.08. The van der Waals surface area contributed by atoms with Gasteiger partial charge in [0.05, 0.1) is 24.2 Å². The summed E-state index contributed by atoms with van der Waals surface area (Å²) < 4.78 is 5.43. The van der Waals surface area contributed by atoms with Gasteiger partial charge >= 0.3 is 0 Å². The smallest absolute Gasteiger partial charge is 0.144 e. The monoisotopic (exact) mass is 420 g/mol. The zero-order chi connectivity index (χ0) is 18.3. The van der Waals surface area contributed by atoms with Crippen molar-refractivity contribution in [1.82, 2.24) is 5.43 Å². The molecule has 8 heteroatoms. The summed E-state index contributed by atoms with van der Waals surface area (Å²) in [4.78, 5) is 0. The van der Waals surface area contributed by atoms with Gasteiger partial charge in [-0.15, -0.1) is 30.2 Å². The number of nitrogens with one attached hydrogen (secondary N) is 2. The highest BCUT2D eigenvalue weighted by molar-refractivity contribution is 5.98. The third kappa shape index (κ3) is 3.58. The molecule has 1 aliphatic heterocycles. The van der Waals surface area contributed by atoms with Gasteiger partial charge in [-0.3, -0.25) is 5.43 Å². The zero-order valence-corrected chi connectivity index (χ0v) is 17.5. The van der Waals surface area contributed by atoms with Crippen LogP contribution in [0.1, 0.15) is 18.5 Å². The first-order valence-corrected chi connectivity index (χ1v) is 8.58. The summed E-state index contributed by atoms with van der Waals surface area (Å²) in [5.41, 5.74) is 19.0. The third-order valence-corrected chi connectivity index (χ3v) is 4.67. The molecule has 0 spiro atoms. The standard InChI is InChI=1S/C20H22N5O.2ClH/c1-12(21)13-8-9-19(15-7-5-4-6-14(13)15)25-23-16-10-18(22-2)20(26-3)11-17(16)24-25;;/h4-12,22-23H,21H2,1-3H3;2*1H. The molecule has 6 nitrogen and oxygen atoms in total. The van der Waals surface area contributed by atoms with Gasteiger partial charge in [-0.25, -0.2) is 0 Å². The Balaban J connectivity index is 0.00000140. The Morgan fingerprint density at radius 2 is 1.82 bits per heavy atom. The maximum atomic E-state index is 6.14. The van der Waals surface area contributed by atoms with Crippen molar-refractivity contribution in [2.24, 2.45) is 5.73 Å². The Hall–Kier alpha value is -2.54. The van der Waals surface area contributed by atoms with Crippen LogP contribution in [-0.4, -0.2) is 14.2 Å². The van der Waals surface area contributed by atoms with Crippen LogP contribution in [0.2, 0.25) is 0 Å². The number of hydrogen-bond acceptors (Lipinski definition) is 5. The summed E-state index contributed by atoms with van der Waals surface area (Å²) in [5, 5.41) is 7.19. The second-order valence-electron chi connectivity index (χ2n) is 6.35. The molecule has 0 bridgehead atoms. The minimum Gasteiger partial charge on any atom is -0.495 e. The van der Waals surface area contributed by atoms with Crippen molar-refractivity contribution >= 4 is 58.3 Å². The first kappa shape index (κ1) is 21.8. The van der Waals surface area contributed by atoms with E-state index >= 15 is 0 Å². The average molecular weight is 421 g/mol. The number of benzene rings is 3. The normalized spacial score (nSPS) is 12.8. The molecule has 1 heterocycles. The minimum atomic E-state index is -0.0305. The summed E-state index contributed by atoms with van der Waals surface area (Å²) in [6, 6.07) is 16.3. The Morgan fingerprint density at radius 3 is 2.46 bits per heavy atom. The number of anilines is 3. The molecular weight excluding hydrogens is 397 g/mol. The summed E-state index contributed by atoms with van der Waals surface area (Å²) in [7, 11) is 3.53. The first-order valence-electron chi connectivity index (χ1n) is 8.58. The van der Waals surface area contributed by atoms with Gasteiger partial charge < -0.3 is 15.8 Å². The van der Waals surface area contributed by atoms with E-state index in [9.17, 15) is 0 Å². The fourth-order valence-electron chi connectivity index (χ4n) is 3.35. The molecule has 1 unspecified atom stereocenters. The second-order valence-corrected chi connectivity index (χ2v) is 6.35. The highest BCUT2D eigenvalue weighted by Gasteiger charge is 2.24. The van der Waals surface area contributed by atoms with Crippen LogP contribution in [0.15, 0.2) is 48.5 Å². The first-order chi connectivity index (χ1) is 12.6. The molecule has 4 N–H and O–H groups in total. The molecule has 1 atom stereocenters. The van der Waals surface area contributed by atoms with E-state index in [1.54, 1.807) is 12.2 Å². The molecule has 0 saturated heterocycles. The van der Waals surface area contributed by atoms with Gasteiger partial charge in [0.2, 0.25) is 0 Å². The Morgan fingerprint density at radius 1 is 1.11 bits per heavy atom. The lowest BCUT2D eigenvalue weighted by atomic mass is 9.99. The number of halogens is 2. The van der Waals surface area contributed by atoms with Gasteiger partial charge in [0.15, 0.2) is 0 Å². The lowest BCUT2D eigenvalue weighted by Gasteiger charge is -2.20. The molecule has 3 aromatic carbocycles. The predicted molar refractivity (Wildman–Crippen MR) is 121 cm³/mol. The summed E-state index contributed by atoms with van der Waals surface area (Å²) in [6.45, 7) is 2.00. The van der Waals surface area contributed by atoms with Crippen molar-refractivity contribution in [2.45, 2.75) is 13.0 Å². The van der Waals surface area contributed by atoms with E-state index in [1.165, 1.54) is 0 Å². The summed E-state index contributed by atoms with van der Waals surface area (Å²) in [5.74, 6) is 0.760. The van der Waals surface area contributed by atoms with Crippen molar-refractivity contribution in [2.75, 3.05) is 30.0 Å². The molecule has 4 rings (SSSR count). The molecule has 0 aliphatic carbocycles. The van der Waals surface area contributed by atoms with E-state index in [-0.39, 0.29) is 30.9 Å². The van der Waals surface area contributed by atoms with Gasteiger partial charge in [0, 0.05) is 24.5 Å². The number of nitrogens with two attached hydrogens (primary N) is 1. The van der Waals surface area contributed by atoms with Crippen LogP contribution in [-0.2, 0) is 0 Å². The molecule has 1 radical (unpaired) electrons. The topological polar surface area (TPSA) is 76.7 Å². The minimum absolute atomic E-state index is 0. The maximum Gasteiger partial charge on any atom is 0.144 e. The van der Waals surface area contributed by atoms with Gasteiger partial charge in [-0.05, 0) is 30.0 Å². The van der Waals surface area contributed by atoms with E-state index in [0.717, 1.165) is 44.8 Å². The van der Waals surface area contributed by atoms with Crippen LogP contribution >= 0.6 is 24.8 Å². The van der Waals surface area contributed by atoms with Crippen molar-refractivity contribution in [3.63, 3.8) is 0 Å². The second kappa shape index (κ2) is 8.65. The van der Waals surface area contributed by atoms with Crippen LogP contribution in [0, 0.1) is 0 Å². The van der Waals surface area contributed by atoms with E-state index in [1.807, 2.05) is 38.2 Å². The number of nitrogens with zero attached hydrogens (tertiary/aromatic N) is 2. The molecule has 0 amide bonds. The van der Waals surface area contributed by atoms with Crippen LogP contribution < -0.4 is 31.8 Å². The van der Waals surface area contributed by atoms with E-state index in [0.29, 0.717) is 0 Å². The summed E-state index contributed by atoms with van der Waals surface area (Å²) in [6.07, 6.45) is 0. The number of rotatable bonds is 4. The largest absolute Gasteiger partial charge is 0.495 e. The lowest BCUT2D eigenvalue weighted by molar-refractivity contribution is 0.417. The molecule has 0 aromatic heterocycles. The predicted octanol–water partition coefficient (Wildman–Crippen LogP) is 4.75. The van der Waals surface area contributed by atoms with E-state index in [2.05, 4.69) is 35.0 Å². The van der Waals surface area contributed by atoms with Gasteiger partial charge in [-0.2, -0.15) is 5.12 Å². The number of hydrazine groups is 1. The highest BCUT2D eigenvalue weighted by Crippen LogP contribution is 2.41. The van der Waals surface area contributed by atoms with Crippen LogP contribution in [0.5, 0.6) is 5.75 Å². The van der Waals surface area contributed by atoms with Crippen LogP contribution in [0.3, 0.4) is 0 Å². The van der Waals surface area contributed by atoms with Crippen LogP contribution in [0.25, 0.3) is 10.8 Å². The van der Waals surface area contributed by atoms with E-state index < -0.39 is 0 Å². The number of fused-ring (bicyclic) bond motifs is 2. The molecule has 3 aromatic rings. The zero-order valence-electron chi connectivity index (χ0n) is 15.9. The van der Waals surface area contributed by atoms with Crippen molar-refractivity contribution in [1.29, 1.82) is 0 Å². The van der Waals surface area contributed by atoms with Crippen molar-refractivity contribution in [3.05, 3.63) is 54.1 Å². The Labute approximate surface area is 177 Å². The number of hydrogen-bond donors (Lipinski definition) is 3. The van der Waals surface area contributed by atoms with Gasteiger partial charge in [0.25, 0.3) is 0 Å². The number of ether oxygens (including phenoxy) is 1. The highest BCUT2D eigenvalue weighted by atomic mass is 35.5. The Bertz CT molecular complexity index is 947. The van der Waals surface area contributed by atoms with Crippen molar-refractivity contribution in [3.8, 4) is 5.75 Å². The maximum absolute atomic E-state index is 6.14. The van der Waals surface area contributed by atoms with Crippen molar-refractivity contribution < 1.29 is 4.74 Å². The fraction of sp³-hybridized carbons (Fsp3) is 0.200. The summed E-state index contributed by atoms with van der Waals surface area (Å²) >= 11 is 0. The molecule has 28 heavy (non-hydrogen) atoms. The molecule has 0 fully saturated rings. The van der Waals surface area contributed by atoms with Crippen LogP contribution in [0.4, 0.5) is 22.7 Å². The Kier molecular flexibility index (Phi) is 6.72. The quantitative estimate of drug-likeness (QED) is 0.567. The lowest BCUT2D eigenvalue weighted by Crippen LogP contribution is -2.29. The number of methoxy groups -OCH3 is 1. The third-order valence-electron chi connectivity index (χ3n) is 4.67. The molecule has 1 aliphatic rings. The van der Waals surface area contributed by atoms with Gasteiger partial charge in [-0.1, -0.05) is 30.3 Å². The SMILES string of the molecule is CNc1cc2c(cc1OC)[N]N(c1ccc(C(C)N)c3ccccc13)N2.Cl.Cl. The van der Waals surface area contributed by atoms with E-state index in [4.69, 9.17) is 15.9 Å². The van der Waals surface area contributed by atoms with Gasteiger partial charge in [0.1, 0.15) is 11.4 Å². The molecule has 149 valence electrons. The fourth-order valence-corrected chi connectivity index (χ4v) is 3.35. The molecule has 0 saturated carbocycles.